The molecule has 1 atom stereocenters. The second-order valence-electron chi connectivity index (χ2n) is 5.14. The van der Waals surface area contributed by atoms with Crippen molar-refractivity contribution in [1.29, 1.82) is 0 Å². The monoisotopic (exact) mass is 272 g/mol. The molecule has 0 aliphatic rings. The highest BCUT2D eigenvalue weighted by atomic mass is 19.1. The summed E-state index contributed by atoms with van der Waals surface area (Å²) in [6.07, 6.45) is 3.93. The Kier molecular flexibility index (Phi) is 4.85. The van der Waals surface area contributed by atoms with Gasteiger partial charge in [0, 0.05) is 11.8 Å². The minimum absolute atomic E-state index is 0.127. The van der Waals surface area contributed by atoms with Crippen LogP contribution in [0.5, 0.6) is 0 Å². The van der Waals surface area contributed by atoms with Crippen molar-refractivity contribution in [2.75, 3.05) is 6.54 Å². The maximum absolute atomic E-state index is 14.1. The number of aryl methyl sites for hydroxylation is 2. The maximum atomic E-state index is 14.1. The Hall–Kier alpha value is -1.74. The van der Waals surface area contributed by atoms with Crippen molar-refractivity contribution in [3.05, 3.63) is 64.7 Å². The zero-order valence-electron chi connectivity index (χ0n) is 12.3. The summed E-state index contributed by atoms with van der Waals surface area (Å²) in [6.45, 7) is 7.08. The molecule has 0 saturated heterocycles. The van der Waals surface area contributed by atoms with E-state index >= 15 is 0 Å². The molecule has 1 aromatic heterocycles. The van der Waals surface area contributed by atoms with Crippen molar-refractivity contribution in [2.24, 2.45) is 0 Å². The molecule has 2 rings (SSSR count). The molecule has 20 heavy (non-hydrogen) atoms. The topological polar surface area (TPSA) is 24.9 Å². The molecule has 106 valence electrons. The lowest BCUT2D eigenvalue weighted by Gasteiger charge is -2.22. The summed E-state index contributed by atoms with van der Waals surface area (Å²) in [7, 11) is 0. The Bertz CT molecular complexity index is 581. The summed E-state index contributed by atoms with van der Waals surface area (Å²) in [6, 6.07) is 7.92. The number of hydrogen-bond donors (Lipinski definition) is 1. The van der Waals surface area contributed by atoms with Crippen LogP contribution in [0.2, 0.25) is 0 Å². The second kappa shape index (κ2) is 6.62. The Morgan fingerprint density at radius 3 is 2.70 bits per heavy atom. The van der Waals surface area contributed by atoms with Crippen LogP contribution in [0.3, 0.4) is 0 Å². The molecule has 2 aromatic rings. The molecule has 3 heteroatoms. The van der Waals surface area contributed by atoms with E-state index in [0.717, 1.165) is 18.5 Å². The summed E-state index contributed by atoms with van der Waals surface area (Å²) < 4.78 is 14.1. The first-order valence-electron chi connectivity index (χ1n) is 7.03. The SMILES string of the molecule is CCCNC(c1cc(C)ccc1C)c1ccncc1F. The average Bonchev–Trinajstić information content (AvgIpc) is 2.44. The van der Waals surface area contributed by atoms with E-state index in [1.54, 1.807) is 12.3 Å². The molecule has 0 aliphatic heterocycles. The fraction of sp³-hybridized carbons (Fsp3) is 0.353. The predicted molar refractivity (Wildman–Crippen MR) is 80.2 cm³/mol. The molecule has 1 heterocycles. The van der Waals surface area contributed by atoms with Crippen LogP contribution in [-0.4, -0.2) is 11.5 Å². The van der Waals surface area contributed by atoms with E-state index in [9.17, 15) is 4.39 Å². The van der Waals surface area contributed by atoms with Gasteiger partial charge in [-0.25, -0.2) is 4.39 Å². The first kappa shape index (κ1) is 14.7. The van der Waals surface area contributed by atoms with Crippen molar-refractivity contribution >= 4 is 0 Å². The fourth-order valence-corrected chi connectivity index (χ4v) is 2.37. The van der Waals surface area contributed by atoms with E-state index in [1.807, 2.05) is 0 Å². The van der Waals surface area contributed by atoms with Crippen molar-refractivity contribution in [2.45, 2.75) is 33.2 Å². The molecule has 0 bridgehead atoms. The first-order chi connectivity index (χ1) is 9.63. The Labute approximate surface area is 120 Å². The molecule has 1 N–H and O–H groups in total. The average molecular weight is 272 g/mol. The van der Waals surface area contributed by atoms with Crippen LogP contribution < -0.4 is 5.32 Å². The third-order valence-electron chi connectivity index (χ3n) is 3.46. The lowest BCUT2D eigenvalue weighted by molar-refractivity contribution is 0.541. The molecule has 0 aliphatic carbocycles. The van der Waals surface area contributed by atoms with Gasteiger partial charge in [-0.15, -0.1) is 0 Å². The van der Waals surface area contributed by atoms with Crippen LogP contribution in [0, 0.1) is 19.7 Å². The molecule has 0 spiro atoms. The van der Waals surface area contributed by atoms with E-state index < -0.39 is 0 Å². The van der Waals surface area contributed by atoms with Gasteiger partial charge in [0.05, 0.1) is 12.2 Å². The zero-order chi connectivity index (χ0) is 14.5. The molecule has 0 fully saturated rings. The minimum Gasteiger partial charge on any atom is -0.306 e. The van der Waals surface area contributed by atoms with E-state index in [1.165, 1.54) is 17.3 Å². The van der Waals surface area contributed by atoms with Crippen LogP contribution in [0.1, 0.15) is 41.6 Å². The Balaban J connectivity index is 2.47. The molecule has 0 amide bonds. The summed E-state index contributed by atoms with van der Waals surface area (Å²) in [5.74, 6) is -0.262. The van der Waals surface area contributed by atoms with Gasteiger partial charge in [-0.2, -0.15) is 0 Å². The predicted octanol–water partition coefficient (Wildman–Crippen LogP) is 3.93. The molecular weight excluding hydrogens is 251 g/mol. The molecular formula is C17H21FN2. The van der Waals surface area contributed by atoms with Gasteiger partial charge in [-0.05, 0) is 44.0 Å². The third-order valence-corrected chi connectivity index (χ3v) is 3.46. The van der Waals surface area contributed by atoms with Crippen molar-refractivity contribution in [1.82, 2.24) is 10.3 Å². The normalized spacial score (nSPS) is 12.4. The van der Waals surface area contributed by atoms with Gasteiger partial charge in [-0.3, -0.25) is 4.98 Å². The van der Waals surface area contributed by atoms with E-state index in [4.69, 9.17) is 0 Å². The number of nitrogens with one attached hydrogen (secondary N) is 1. The van der Waals surface area contributed by atoms with Gasteiger partial charge >= 0.3 is 0 Å². The number of hydrogen-bond acceptors (Lipinski definition) is 2. The number of benzene rings is 1. The zero-order valence-corrected chi connectivity index (χ0v) is 12.3. The van der Waals surface area contributed by atoms with E-state index in [2.05, 4.69) is 49.3 Å². The highest BCUT2D eigenvalue weighted by Crippen LogP contribution is 2.27. The smallest absolute Gasteiger partial charge is 0.146 e. The first-order valence-corrected chi connectivity index (χ1v) is 7.03. The van der Waals surface area contributed by atoms with Crippen molar-refractivity contribution in [3.63, 3.8) is 0 Å². The number of nitrogens with zero attached hydrogens (tertiary/aromatic N) is 1. The minimum atomic E-state index is -0.262. The maximum Gasteiger partial charge on any atom is 0.146 e. The highest BCUT2D eigenvalue weighted by Gasteiger charge is 2.19. The van der Waals surface area contributed by atoms with Gasteiger partial charge in [0.1, 0.15) is 5.82 Å². The summed E-state index contributed by atoms with van der Waals surface area (Å²) in [4.78, 5) is 3.84. The number of pyridine rings is 1. The quantitative estimate of drug-likeness (QED) is 0.892. The number of aromatic nitrogens is 1. The van der Waals surface area contributed by atoms with Crippen molar-refractivity contribution in [3.8, 4) is 0 Å². The molecule has 1 aromatic carbocycles. The van der Waals surface area contributed by atoms with Gasteiger partial charge in [-0.1, -0.05) is 30.7 Å². The summed E-state index contributed by atoms with van der Waals surface area (Å²) in [5, 5.41) is 3.44. The molecule has 2 nitrogen and oxygen atoms in total. The molecule has 0 saturated carbocycles. The fourth-order valence-electron chi connectivity index (χ4n) is 2.37. The van der Waals surface area contributed by atoms with Gasteiger partial charge in [0.15, 0.2) is 0 Å². The van der Waals surface area contributed by atoms with E-state index in [0.29, 0.717) is 5.56 Å². The largest absolute Gasteiger partial charge is 0.306 e. The van der Waals surface area contributed by atoms with Crippen LogP contribution >= 0.6 is 0 Å². The molecule has 1 unspecified atom stereocenters. The van der Waals surface area contributed by atoms with Gasteiger partial charge < -0.3 is 5.32 Å². The third kappa shape index (κ3) is 3.23. The van der Waals surface area contributed by atoms with Crippen LogP contribution in [0.25, 0.3) is 0 Å². The van der Waals surface area contributed by atoms with Gasteiger partial charge in [0.2, 0.25) is 0 Å². The summed E-state index contributed by atoms with van der Waals surface area (Å²) in [5.41, 5.74) is 4.13. The van der Waals surface area contributed by atoms with E-state index in [-0.39, 0.29) is 11.9 Å². The summed E-state index contributed by atoms with van der Waals surface area (Å²) >= 11 is 0. The number of halogens is 1. The standard InChI is InChI=1S/C17H21FN2/c1-4-8-20-17(14-7-9-19-11-16(14)18)15-10-12(2)5-6-13(15)3/h5-7,9-11,17,20H,4,8H2,1-3H3. The lowest BCUT2D eigenvalue weighted by Crippen LogP contribution is -2.25. The Morgan fingerprint density at radius 1 is 1.20 bits per heavy atom. The van der Waals surface area contributed by atoms with Crippen molar-refractivity contribution < 1.29 is 4.39 Å². The number of rotatable bonds is 5. The van der Waals surface area contributed by atoms with Crippen LogP contribution in [-0.2, 0) is 0 Å². The highest BCUT2D eigenvalue weighted by molar-refractivity contribution is 5.39. The lowest BCUT2D eigenvalue weighted by atomic mass is 9.93. The van der Waals surface area contributed by atoms with Crippen LogP contribution in [0.4, 0.5) is 4.39 Å². The van der Waals surface area contributed by atoms with Crippen LogP contribution in [0.15, 0.2) is 36.7 Å². The second-order valence-corrected chi connectivity index (χ2v) is 5.14. The van der Waals surface area contributed by atoms with Gasteiger partial charge in [0.25, 0.3) is 0 Å². The molecule has 0 radical (unpaired) electrons. The Morgan fingerprint density at radius 2 is 2.00 bits per heavy atom.